The lowest BCUT2D eigenvalue weighted by Crippen LogP contribution is -2.54. The maximum Gasteiger partial charge on any atom is 0.330 e. The highest BCUT2D eigenvalue weighted by Crippen LogP contribution is 2.46. The molecule has 3 heterocycles. The minimum absolute atomic E-state index is 0.174. The largest absolute Gasteiger partial charge is 0.393 e. The Bertz CT molecular complexity index is 924. The summed E-state index contributed by atoms with van der Waals surface area (Å²) in [6.07, 6.45) is 0.343. The smallest absolute Gasteiger partial charge is 0.330 e. The van der Waals surface area contributed by atoms with Gasteiger partial charge < -0.3 is 19.3 Å². The Morgan fingerprint density at radius 2 is 2.11 bits per heavy atom. The molecule has 27 heavy (non-hydrogen) atoms. The van der Waals surface area contributed by atoms with Gasteiger partial charge >= 0.3 is 5.69 Å². The lowest BCUT2D eigenvalue weighted by molar-refractivity contribution is -0.182. The van der Waals surface area contributed by atoms with Gasteiger partial charge in [-0.3, -0.25) is 14.3 Å². The van der Waals surface area contributed by atoms with E-state index in [2.05, 4.69) is 4.98 Å². The Morgan fingerprint density at radius 1 is 1.33 bits per heavy atom. The number of nitrogens with one attached hydrogen (secondary N) is 1. The maximum absolute atomic E-state index is 12.3. The Balaban J connectivity index is 1.65. The molecule has 1 aromatic heterocycles. The summed E-state index contributed by atoms with van der Waals surface area (Å²) in [7, 11) is 0. The third-order valence-electron chi connectivity index (χ3n) is 5.25. The summed E-state index contributed by atoms with van der Waals surface area (Å²) in [6.45, 7) is 2.19. The summed E-state index contributed by atoms with van der Waals surface area (Å²) in [5.41, 5.74) is -0.628. The van der Waals surface area contributed by atoms with Crippen LogP contribution in [0.15, 0.2) is 46.1 Å². The zero-order valence-corrected chi connectivity index (χ0v) is 15.0. The van der Waals surface area contributed by atoms with Crippen LogP contribution in [0.2, 0.25) is 0 Å². The van der Waals surface area contributed by atoms with Crippen LogP contribution in [0.4, 0.5) is 0 Å². The molecule has 1 aromatic carbocycles. The van der Waals surface area contributed by atoms with E-state index in [-0.39, 0.29) is 19.1 Å². The van der Waals surface area contributed by atoms with Crippen LogP contribution in [-0.2, 0) is 20.8 Å². The zero-order chi connectivity index (χ0) is 19.0. The molecular formula is C19H22N2O6. The fourth-order valence-corrected chi connectivity index (χ4v) is 3.84. The van der Waals surface area contributed by atoms with Crippen LogP contribution in [0, 0.1) is 12.8 Å². The first kappa shape index (κ1) is 18.1. The Kier molecular flexibility index (Phi) is 4.73. The van der Waals surface area contributed by atoms with Crippen molar-refractivity contribution in [2.75, 3.05) is 19.8 Å². The van der Waals surface area contributed by atoms with Crippen molar-refractivity contribution in [3.8, 4) is 0 Å². The van der Waals surface area contributed by atoms with Gasteiger partial charge in [0.25, 0.3) is 5.56 Å². The Labute approximate surface area is 155 Å². The molecule has 2 aliphatic rings. The molecule has 2 saturated heterocycles. The quantitative estimate of drug-likeness (QED) is 0.782. The van der Waals surface area contributed by atoms with Crippen LogP contribution < -0.4 is 11.2 Å². The summed E-state index contributed by atoms with van der Waals surface area (Å²) in [5, 5.41) is 10.0. The number of aliphatic hydroxyl groups is 1. The van der Waals surface area contributed by atoms with Crippen LogP contribution in [0.5, 0.6) is 0 Å². The average Bonchev–Trinajstić information content (AvgIpc) is 2.85. The monoisotopic (exact) mass is 374 g/mol. The molecule has 144 valence electrons. The molecule has 0 aliphatic carbocycles. The highest BCUT2D eigenvalue weighted by molar-refractivity contribution is 5.14. The molecule has 2 aromatic rings. The number of benzene rings is 1. The summed E-state index contributed by atoms with van der Waals surface area (Å²) < 4.78 is 19.2. The molecule has 2 N–H and O–H groups in total. The van der Waals surface area contributed by atoms with E-state index in [0.717, 1.165) is 5.56 Å². The van der Waals surface area contributed by atoms with Gasteiger partial charge in [-0.05, 0) is 12.5 Å². The van der Waals surface area contributed by atoms with Gasteiger partial charge in [-0.1, -0.05) is 30.3 Å². The first-order valence-electron chi connectivity index (χ1n) is 8.88. The third kappa shape index (κ3) is 3.14. The highest BCUT2D eigenvalue weighted by Gasteiger charge is 2.59. The van der Waals surface area contributed by atoms with E-state index in [1.54, 1.807) is 6.92 Å². The molecule has 0 amide bonds. The van der Waals surface area contributed by atoms with Crippen LogP contribution in [0.1, 0.15) is 17.4 Å². The first-order valence-corrected chi connectivity index (χ1v) is 8.88. The van der Waals surface area contributed by atoms with E-state index in [1.807, 2.05) is 30.3 Å². The van der Waals surface area contributed by atoms with Crippen molar-refractivity contribution in [1.82, 2.24) is 9.55 Å². The van der Waals surface area contributed by atoms with Crippen LogP contribution in [-0.4, -0.2) is 46.2 Å². The van der Waals surface area contributed by atoms with E-state index in [4.69, 9.17) is 14.2 Å². The minimum atomic E-state index is -1.05. The standard InChI is InChI=1S/C19H22N2O6/c1-12-7-21(18(24)20-16(12)23)17-14-9-25-11-19(10-22,27-17)15(14)26-8-13-5-3-2-4-6-13/h2-7,14-15,17,22H,8-11H2,1H3,(H,20,23,24)/t14?,15?,17-,19+/m1/s1. The molecule has 2 fully saturated rings. The second-order valence-corrected chi connectivity index (χ2v) is 7.11. The third-order valence-corrected chi connectivity index (χ3v) is 5.25. The Hall–Kier alpha value is -2.26. The average molecular weight is 374 g/mol. The molecule has 2 unspecified atom stereocenters. The number of aryl methyl sites for hydroxylation is 1. The van der Waals surface area contributed by atoms with Crippen molar-refractivity contribution in [2.24, 2.45) is 5.92 Å². The van der Waals surface area contributed by atoms with Gasteiger partial charge in [0.2, 0.25) is 0 Å². The number of H-pyrrole nitrogens is 1. The SMILES string of the molecule is Cc1cn([C@@H]2O[C@@]3(CO)COCC2C3OCc2ccccc2)c(=O)[nH]c1=O. The van der Waals surface area contributed by atoms with E-state index >= 15 is 0 Å². The molecule has 0 saturated carbocycles. The number of hydrogen-bond donors (Lipinski definition) is 2. The molecule has 8 heteroatoms. The molecule has 4 atom stereocenters. The van der Waals surface area contributed by atoms with E-state index in [1.165, 1.54) is 10.8 Å². The number of fused-ring (bicyclic) bond motifs is 2. The number of hydrogen-bond acceptors (Lipinski definition) is 6. The van der Waals surface area contributed by atoms with Gasteiger partial charge in [-0.25, -0.2) is 4.79 Å². The van der Waals surface area contributed by atoms with Crippen LogP contribution >= 0.6 is 0 Å². The van der Waals surface area contributed by atoms with Crippen molar-refractivity contribution >= 4 is 0 Å². The number of rotatable bonds is 5. The summed E-state index contributed by atoms with van der Waals surface area (Å²) in [5.74, 6) is -0.294. The van der Waals surface area contributed by atoms with Crippen LogP contribution in [0.3, 0.4) is 0 Å². The van der Waals surface area contributed by atoms with Crippen LogP contribution in [0.25, 0.3) is 0 Å². The predicted octanol–water partition coefficient (Wildman–Crippen LogP) is 0.337. The summed E-state index contributed by atoms with van der Waals surface area (Å²) in [4.78, 5) is 26.3. The van der Waals surface area contributed by atoms with Crippen molar-refractivity contribution in [1.29, 1.82) is 0 Å². The van der Waals surface area contributed by atoms with Gasteiger partial charge in [0.15, 0.2) is 0 Å². The number of aromatic nitrogens is 2. The number of aromatic amines is 1. The molecule has 2 bridgehead atoms. The predicted molar refractivity (Wildman–Crippen MR) is 95.3 cm³/mol. The maximum atomic E-state index is 12.3. The van der Waals surface area contributed by atoms with Crippen molar-refractivity contribution < 1.29 is 19.3 Å². The molecule has 0 spiro atoms. The molecular weight excluding hydrogens is 352 g/mol. The number of ether oxygens (including phenoxy) is 3. The number of aliphatic hydroxyl groups excluding tert-OH is 1. The summed E-state index contributed by atoms with van der Waals surface area (Å²) >= 11 is 0. The second-order valence-electron chi connectivity index (χ2n) is 7.11. The van der Waals surface area contributed by atoms with Crippen molar-refractivity contribution in [3.05, 3.63) is 68.5 Å². The normalized spacial score (nSPS) is 29.8. The summed E-state index contributed by atoms with van der Waals surface area (Å²) in [6, 6.07) is 9.71. The van der Waals surface area contributed by atoms with Gasteiger partial charge in [0.05, 0.1) is 32.3 Å². The van der Waals surface area contributed by atoms with E-state index < -0.39 is 29.2 Å². The lowest BCUT2D eigenvalue weighted by atomic mass is 9.88. The van der Waals surface area contributed by atoms with Crippen molar-refractivity contribution in [2.45, 2.75) is 31.5 Å². The first-order chi connectivity index (χ1) is 13.0. The number of nitrogens with zero attached hydrogens (tertiary/aromatic N) is 1. The molecule has 2 aliphatic heterocycles. The van der Waals surface area contributed by atoms with E-state index in [9.17, 15) is 14.7 Å². The van der Waals surface area contributed by atoms with Gasteiger partial charge in [0.1, 0.15) is 17.9 Å². The van der Waals surface area contributed by atoms with Gasteiger partial charge in [-0.15, -0.1) is 0 Å². The lowest BCUT2D eigenvalue weighted by Gasteiger charge is -2.37. The van der Waals surface area contributed by atoms with Gasteiger partial charge in [0, 0.05) is 11.8 Å². The topological polar surface area (TPSA) is 103 Å². The Morgan fingerprint density at radius 3 is 2.85 bits per heavy atom. The fourth-order valence-electron chi connectivity index (χ4n) is 3.84. The molecule has 4 rings (SSSR count). The van der Waals surface area contributed by atoms with E-state index in [0.29, 0.717) is 18.8 Å². The van der Waals surface area contributed by atoms with Gasteiger partial charge in [-0.2, -0.15) is 0 Å². The second kappa shape index (κ2) is 7.05. The highest BCUT2D eigenvalue weighted by atomic mass is 16.6. The molecule has 8 nitrogen and oxygen atoms in total. The minimum Gasteiger partial charge on any atom is -0.393 e. The van der Waals surface area contributed by atoms with Crippen molar-refractivity contribution in [3.63, 3.8) is 0 Å². The molecule has 0 radical (unpaired) electrons. The zero-order valence-electron chi connectivity index (χ0n) is 15.0. The fraction of sp³-hybridized carbons (Fsp3) is 0.474.